The van der Waals surface area contributed by atoms with E-state index in [2.05, 4.69) is 0 Å². The van der Waals surface area contributed by atoms with E-state index in [1.165, 1.54) is 0 Å². The number of hydrogen-bond acceptors (Lipinski definition) is 2. The van der Waals surface area contributed by atoms with E-state index in [4.69, 9.17) is 0 Å². The second-order valence-electron chi connectivity index (χ2n) is 5.17. The standard InChI is InChI=1S/C17H16O3/c18-10-14-12-8-4-5-9-13(12)15(16(14)17(19)20)11-6-2-1-3-7-11/h1-9,14-16,18H,10H2,(H,19,20). The van der Waals surface area contributed by atoms with Crippen LogP contribution in [0.1, 0.15) is 28.5 Å². The number of fused-ring (bicyclic) bond motifs is 1. The maximum absolute atomic E-state index is 11.7. The summed E-state index contributed by atoms with van der Waals surface area (Å²) in [5, 5.41) is 19.2. The molecule has 0 saturated heterocycles. The summed E-state index contributed by atoms with van der Waals surface area (Å²) in [7, 11) is 0. The predicted octanol–water partition coefficient (Wildman–Crippen LogP) is 2.61. The van der Waals surface area contributed by atoms with E-state index < -0.39 is 11.9 Å². The van der Waals surface area contributed by atoms with Crippen LogP contribution in [0.4, 0.5) is 0 Å². The molecule has 0 spiro atoms. The summed E-state index contributed by atoms with van der Waals surface area (Å²) in [6, 6.07) is 17.4. The highest BCUT2D eigenvalue weighted by Gasteiger charge is 2.45. The molecule has 102 valence electrons. The van der Waals surface area contributed by atoms with E-state index in [0.29, 0.717) is 0 Å². The molecule has 0 saturated carbocycles. The molecule has 0 bridgehead atoms. The fourth-order valence-electron chi connectivity index (χ4n) is 3.32. The molecular formula is C17H16O3. The summed E-state index contributed by atoms with van der Waals surface area (Å²) in [5.41, 5.74) is 2.96. The molecule has 0 aromatic heterocycles. The third kappa shape index (κ3) is 1.91. The Morgan fingerprint density at radius 3 is 2.15 bits per heavy atom. The number of aliphatic hydroxyl groups is 1. The average Bonchev–Trinajstić information content (AvgIpc) is 2.82. The van der Waals surface area contributed by atoms with Crippen LogP contribution in [0.5, 0.6) is 0 Å². The van der Waals surface area contributed by atoms with Crippen LogP contribution in [0.25, 0.3) is 0 Å². The highest BCUT2D eigenvalue weighted by atomic mass is 16.4. The molecule has 20 heavy (non-hydrogen) atoms. The summed E-state index contributed by atoms with van der Waals surface area (Å²) in [4.78, 5) is 11.7. The van der Waals surface area contributed by atoms with E-state index in [0.717, 1.165) is 16.7 Å². The van der Waals surface area contributed by atoms with Crippen LogP contribution in [0, 0.1) is 5.92 Å². The monoisotopic (exact) mass is 268 g/mol. The smallest absolute Gasteiger partial charge is 0.308 e. The lowest BCUT2D eigenvalue weighted by atomic mass is 9.83. The number of carboxylic acids is 1. The molecule has 1 aliphatic carbocycles. The van der Waals surface area contributed by atoms with E-state index >= 15 is 0 Å². The lowest BCUT2D eigenvalue weighted by molar-refractivity contribution is -0.143. The zero-order valence-electron chi connectivity index (χ0n) is 10.9. The Kier molecular flexibility index (Phi) is 3.28. The van der Waals surface area contributed by atoms with Crippen LogP contribution in [0.15, 0.2) is 54.6 Å². The minimum absolute atomic E-state index is 0.142. The zero-order chi connectivity index (χ0) is 14.1. The predicted molar refractivity (Wildman–Crippen MR) is 75.7 cm³/mol. The number of benzene rings is 2. The Labute approximate surface area is 117 Å². The SMILES string of the molecule is O=C(O)C1C(CO)c2ccccc2C1c1ccccc1. The van der Waals surface area contributed by atoms with Crippen LogP contribution >= 0.6 is 0 Å². The van der Waals surface area contributed by atoms with Crippen LogP contribution in [0.3, 0.4) is 0 Å². The maximum atomic E-state index is 11.7. The zero-order valence-corrected chi connectivity index (χ0v) is 10.9. The summed E-state index contributed by atoms with van der Waals surface area (Å²) < 4.78 is 0. The van der Waals surface area contributed by atoms with Gasteiger partial charge in [-0.1, -0.05) is 54.6 Å². The summed E-state index contributed by atoms with van der Waals surface area (Å²) in [6.45, 7) is -0.142. The van der Waals surface area contributed by atoms with Crippen molar-refractivity contribution in [2.75, 3.05) is 6.61 Å². The Morgan fingerprint density at radius 1 is 0.950 bits per heavy atom. The van der Waals surface area contributed by atoms with Gasteiger partial charge >= 0.3 is 5.97 Å². The summed E-state index contributed by atoms with van der Waals surface area (Å²) >= 11 is 0. The molecule has 0 amide bonds. The Hall–Kier alpha value is -2.13. The van der Waals surface area contributed by atoms with Gasteiger partial charge in [0, 0.05) is 11.8 Å². The van der Waals surface area contributed by atoms with Gasteiger partial charge in [0.2, 0.25) is 0 Å². The largest absolute Gasteiger partial charge is 0.481 e. The second-order valence-corrected chi connectivity index (χ2v) is 5.17. The average molecular weight is 268 g/mol. The first-order chi connectivity index (χ1) is 9.74. The van der Waals surface area contributed by atoms with Crippen LogP contribution in [-0.2, 0) is 4.79 Å². The molecule has 3 heteroatoms. The molecule has 2 aromatic rings. The molecule has 3 rings (SSSR count). The van der Waals surface area contributed by atoms with Crippen LogP contribution in [0.2, 0.25) is 0 Å². The molecular weight excluding hydrogens is 252 g/mol. The Balaban J connectivity index is 2.17. The van der Waals surface area contributed by atoms with Crippen molar-refractivity contribution >= 4 is 5.97 Å². The van der Waals surface area contributed by atoms with Crippen molar-refractivity contribution in [3.8, 4) is 0 Å². The van der Waals surface area contributed by atoms with Crippen molar-refractivity contribution in [3.05, 3.63) is 71.3 Å². The molecule has 1 aliphatic rings. The van der Waals surface area contributed by atoms with Crippen LogP contribution in [-0.4, -0.2) is 22.8 Å². The molecule has 0 aliphatic heterocycles. The van der Waals surface area contributed by atoms with Crippen LogP contribution < -0.4 is 0 Å². The van der Waals surface area contributed by atoms with Crippen molar-refractivity contribution in [1.82, 2.24) is 0 Å². The highest BCUT2D eigenvalue weighted by molar-refractivity contribution is 5.76. The van der Waals surface area contributed by atoms with E-state index in [9.17, 15) is 15.0 Å². The first-order valence-corrected chi connectivity index (χ1v) is 6.71. The molecule has 0 heterocycles. The number of rotatable bonds is 3. The van der Waals surface area contributed by atoms with Crippen molar-refractivity contribution in [2.24, 2.45) is 5.92 Å². The normalized spacial score (nSPS) is 24.4. The third-order valence-corrected chi connectivity index (χ3v) is 4.16. The van der Waals surface area contributed by atoms with Gasteiger partial charge in [0.25, 0.3) is 0 Å². The lowest BCUT2D eigenvalue weighted by Gasteiger charge is -2.20. The topological polar surface area (TPSA) is 57.5 Å². The molecule has 2 N–H and O–H groups in total. The molecule has 3 atom stereocenters. The minimum Gasteiger partial charge on any atom is -0.481 e. The van der Waals surface area contributed by atoms with Gasteiger partial charge in [-0.2, -0.15) is 0 Å². The summed E-state index contributed by atoms with van der Waals surface area (Å²) in [5.74, 6) is -2.00. The number of hydrogen-bond donors (Lipinski definition) is 2. The first-order valence-electron chi connectivity index (χ1n) is 6.71. The number of aliphatic hydroxyl groups excluding tert-OH is 1. The van der Waals surface area contributed by atoms with Gasteiger partial charge in [0.15, 0.2) is 0 Å². The van der Waals surface area contributed by atoms with Gasteiger partial charge in [-0.15, -0.1) is 0 Å². The van der Waals surface area contributed by atoms with Gasteiger partial charge in [-0.05, 0) is 16.7 Å². The fourth-order valence-corrected chi connectivity index (χ4v) is 3.32. The van der Waals surface area contributed by atoms with Crippen molar-refractivity contribution in [3.63, 3.8) is 0 Å². The Bertz CT molecular complexity index is 621. The van der Waals surface area contributed by atoms with Gasteiger partial charge in [0.1, 0.15) is 0 Å². The fraction of sp³-hybridized carbons (Fsp3) is 0.235. The van der Waals surface area contributed by atoms with E-state index in [-0.39, 0.29) is 18.4 Å². The van der Waals surface area contributed by atoms with E-state index in [1.807, 2.05) is 54.6 Å². The van der Waals surface area contributed by atoms with E-state index in [1.54, 1.807) is 0 Å². The van der Waals surface area contributed by atoms with Gasteiger partial charge in [0.05, 0.1) is 12.5 Å². The molecule has 3 unspecified atom stereocenters. The molecule has 3 nitrogen and oxygen atoms in total. The minimum atomic E-state index is -0.853. The quantitative estimate of drug-likeness (QED) is 0.899. The molecule has 2 aromatic carbocycles. The van der Waals surface area contributed by atoms with Crippen molar-refractivity contribution < 1.29 is 15.0 Å². The molecule has 0 radical (unpaired) electrons. The summed E-state index contributed by atoms with van der Waals surface area (Å²) in [6.07, 6.45) is 0. The van der Waals surface area contributed by atoms with Gasteiger partial charge in [-0.3, -0.25) is 4.79 Å². The van der Waals surface area contributed by atoms with Crippen molar-refractivity contribution in [2.45, 2.75) is 11.8 Å². The number of carboxylic acid groups (broad SMARTS) is 1. The lowest BCUT2D eigenvalue weighted by Crippen LogP contribution is -2.24. The van der Waals surface area contributed by atoms with Gasteiger partial charge in [-0.25, -0.2) is 0 Å². The maximum Gasteiger partial charge on any atom is 0.308 e. The number of aliphatic carboxylic acids is 1. The van der Waals surface area contributed by atoms with Crippen molar-refractivity contribution in [1.29, 1.82) is 0 Å². The van der Waals surface area contributed by atoms with Gasteiger partial charge < -0.3 is 10.2 Å². The second kappa shape index (κ2) is 5.10. The number of carbonyl (C=O) groups is 1. The molecule has 0 fully saturated rings. The Morgan fingerprint density at radius 2 is 1.55 bits per heavy atom. The third-order valence-electron chi connectivity index (χ3n) is 4.16. The highest BCUT2D eigenvalue weighted by Crippen LogP contribution is 2.49. The first kappa shape index (κ1) is 12.9.